The van der Waals surface area contributed by atoms with E-state index in [-0.39, 0.29) is 0 Å². The van der Waals surface area contributed by atoms with Crippen LogP contribution in [0.5, 0.6) is 0 Å². The van der Waals surface area contributed by atoms with E-state index >= 15 is 0 Å². The molecule has 0 saturated heterocycles. The largest absolute Gasteiger partial charge is 0.304 e. The Bertz CT molecular complexity index is 164. The highest BCUT2D eigenvalue weighted by Crippen LogP contribution is 2.05. The van der Waals surface area contributed by atoms with Crippen LogP contribution in [-0.4, -0.2) is 12.6 Å². The van der Waals surface area contributed by atoms with Crippen LogP contribution in [0.4, 0.5) is 0 Å². The van der Waals surface area contributed by atoms with E-state index in [9.17, 15) is 0 Å². The lowest BCUT2D eigenvalue weighted by atomic mass is 10.1. The van der Waals surface area contributed by atoms with Crippen molar-refractivity contribution >= 4 is 0 Å². The van der Waals surface area contributed by atoms with E-state index < -0.39 is 0 Å². The molecule has 0 spiro atoms. The topological polar surface area (TPSA) is 12.0 Å². The first-order chi connectivity index (χ1) is 5.89. The molecule has 0 aromatic rings. The molecule has 1 aliphatic rings. The van der Waals surface area contributed by atoms with Gasteiger partial charge in [0.15, 0.2) is 0 Å². The van der Waals surface area contributed by atoms with E-state index in [2.05, 4.69) is 24.1 Å². The highest BCUT2D eigenvalue weighted by molar-refractivity contribution is 5.05. The summed E-state index contributed by atoms with van der Waals surface area (Å²) < 4.78 is 0. The molecule has 0 aliphatic carbocycles. The van der Waals surface area contributed by atoms with Crippen molar-refractivity contribution in [2.75, 3.05) is 6.54 Å². The minimum Gasteiger partial charge on any atom is -0.304 e. The zero-order chi connectivity index (χ0) is 8.65. The third-order valence-corrected chi connectivity index (χ3v) is 2.25. The Kier molecular flexibility index (Phi) is 4.87. The van der Waals surface area contributed by atoms with Crippen molar-refractivity contribution in [1.82, 2.24) is 5.32 Å². The fourth-order valence-corrected chi connectivity index (χ4v) is 1.46. The van der Waals surface area contributed by atoms with E-state index in [0.29, 0.717) is 6.04 Å². The molecule has 0 saturated carbocycles. The predicted octanol–water partition coefficient (Wildman–Crippen LogP) is 2.32. The Labute approximate surface area is 75.9 Å². The molecule has 0 amide bonds. The summed E-state index contributed by atoms with van der Waals surface area (Å²) >= 11 is 0. The lowest BCUT2D eigenvalue weighted by Crippen LogP contribution is -2.25. The minimum absolute atomic E-state index is 0.392. The van der Waals surface area contributed by atoms with Gasteiger partial charge in [-0.05, 0) is 26.3 Å². The van der Waals surface area contributed by atoms with Crippen LogP contribution in [-0.2, 0) is 0 Å². The zero-order valence-corrected chi connectivity index (χ0v) is 8.03. The van der Waals surface area contributed by atoms with Crippen molar-refractivity contribution in [2.24, 2.45) is 0 Å². The quantitative estimate of drug-likeness (QED) is 0.543. The summed E-state index contributed by atoms with van der Waals surface area (Å²) in [6.45, 7) is 3.28. The van der Waals surface area contributed by atoms with Crippen molar-refractivity contribution < 1.29 is 0 Å². The highest BCUT2D eigenvalue weighted by atomic mass is 14.9. The van der Waals surface area contributed by atoms with E-state index in [1.165, 1.54) is 32.1 Å². The van der Waals surface area contributed by atoms with Crippen LogP contribution in [0.15, 0.2) is 0 Å². The normalized spacial score (nSPS) is 26.6. The molecule has 12 heavy (non-hydrogen) atoms. The summed E-state index contributed by atoms with van der Waals surface area (Å²) in [6, 6.07) is 0.392. The van der Waals surface area contributed by atoms with Crippen LogP contribution in [0.25, 0.3) is 0 Å². The third-order valence-electron chi connectivity index (χ3n) is 2.25. The van der Waals surface area contributed by atoms with Crippen molar-refractivity contribution in [2.45, 2.75) is 51.5 Å². The third kappa shape index (κ3) is 4.41. The van der Waals surface area contributed by atoms with Crippen LogP contribution in [0.2, 0.25) is 0 Å². The van der Waals surface area contributed by atoms with Crippen LogP contribution in [0, 0.1) is 11.8 Å². The molecule has 1 heterocycles. The Morgan fingerprint density at radius 3 is 2.75 bits per heavy atom. The van der Waals surface area contributed by atoms with Crippen molar-refractivity contribution in [1.29, 1.82) is 0 Å². The summed E-state index contributed by atoms with van der Waals surface area (Å²) in [5.41, 5.74) is 0. The fraction of sp³-hybridized carbons (Fsp3) is 0.818. The Morgan fingerprint density at radius 2 is 1.83 bits per heavy atom. The molecule has 68 valence electrons. The van der Waals surface area contributed by atoms with Gasteiger partial charge in [0, 0.05) is 6.42 Å². The van der Waals surface area contributed by atoms with E-state index in [4.69, 9.17) is 0 Å². The Hall–Kier alpha value is -0.480. The number of nitrogens with one attached hydrogen (secondary N) is 1. The summed E-state index contributed by atoms with van der Waals surface area (Å²) in [6.07, 6.45) is 7.82. The predicted molar refractivity (Wildman–Crippen MR) is 52.9 cm³/mol. The minimum atomic E-state index is 0.392. The second-order valence-corrected chi connectivity index (χ2v) is 3.51. The lowest BCUT2D eigenvalue weighted by Gasteiger charge is -2.05. The van der Waals surface area contributed by atoms with Crippen molar-refractivity contribution in [3.63, 3.8) is 0 Å². The smallest absolute Gasteiger partial charge is 0.0660 e. The molecular formula is C11H19N. The van der Waals surface area contributed by atoms with Gasteiger partial charge in [0.05, 0.1) is 6.04 Å². The highest BCUT2D eigenvalue weighted by Gasteiger charge is 1.96. The molecule has 1 rings (SSSR count). The number of hydrogen-bond donors (Lipinski definition) is 1. The summed E-state index contributed by atoms with van der Waals surface area (Å²) in [7, 11) is 0. The van der Waals surface area contributed by atoms with Crippen LogP contribution in [0.1, 0.15) is 45.4 Å². The van der Waals surface area contributed by atoms with Gasteiger partial charge in [-0.3, -0.25) is 0 Å². The molecule has 1 atom stereocenters. The molecule has 1 aliphatic heterocycles. The van der Waals surface area contributed by atoms with Gasteiger partial charge in [-0.2, -0.15) is 0 Å². The zero-order valence-electron chi connectivity index (χ0n) is 8.03. The molecule has 1 heteroatoms. The molecule has 0 radical (unpaired) electrons. The van der Waals surface area contributed by atoms with Crippen molar-refractivity contribution in [3.8, 4) is 11.8 Å². The molecule has 0 fully saturated rings. The van der Waals surface area contributed by atoms with E-state index in [1.807, 2.05) is 0 Å². The maximum Gasteiger partial charge on any atom is 0.0660 e. The molecule has 1 N–H and O–H groups in total. The van der Waals surface area contributed by atoms with Gasteiger partial charge in [0.2, 0.25) is 0 Å². The number of hydrogen-bond acceptors (Lipinski definition) is 1. The number of rotatable bonds is 0. The standard InChI is InChI=1S/C11H19N/c1-11-9-7-5-3-2-4-6-8-10-12-11/h11-12H,2-6,8,10H2,1H3. The second-order valence-electron chi connectivity index (χ2n) is 3.51. The molecule has 0 aromatic carbocycles. The van der Waals surface area contributed by atoms with E-state index in [1.54, 1.807) is 0 Å². The van der Waals surface area contributed by atoms with Gasteiger partial charge in [0.25, 0.3) is 0 Å². The fourth-order valence-electron chi connectivity index (χ4n) is 1.46. The molecule has 1 unspecified atom stereocenters. The van der Waals surface area contributed by atoms with Crippen molar-refractivity contribution in [3.05, 3.63) is 0 Å². The van der Waals surface area contributed by atoms with Gasteiger partial charge >= 0.3 is 0 Å². The van der Waals surface area contributed by atoms with Gasteiger partial charge in [0.1, 0.15) is 0 Å². The van der Waals surface area contributed by atoms with Crippen LogP contribution >= 0.6 is 0 Å². The summed E-state index contributed by atoms with van der Waals surface area (Å²) in [5, 5.41) is 3.41. The first-order valence-electron chi connectivity index (χ1n) is 5.11. The first-order valence-corrected chi connectivity index (χ1v) is 5.11. The molecule has 1 nitrogen and oxygen atoms in total. The van der Waals surface area contributed by atoms with Gasteiger partial charge in [-0.15, -0.1) is 5.92 Å². The van der Waals surface area contributed by atoms with Gasteiger partial charge in [-0.25, -0.2) is 0 Å². The SMILES string of the molecule is CC1C#CCCCCCCCN1. The first kappa shape index (κ1) is 9.61. The van der Waals surface area contributed by atoms with E-state index in [0.717, 1.165) is 13.0 Å². The molecule has 0 aromatic heterocycles. The van der Waals surface area contributed by atoms with Gasteiger partial charge in [-0.1, -0.05) is 25.2 Å². The monoisotopic (exact) mass is 165 g/mol. The van der Waals surface area contributed by atoms with Crippen LogP contribution < -0.4 is 5.32 Å². The Morgan fingerprint density at radius 1 is 1.08 bits per heavy atom. The molecule has 0 bridgehead atoms. The average Bonchev–Trinajstić information content (AvgIpc) is 2.11. The Balaban J connectivity index is 2.28. The summed E-state index contributed by atoms with van der Waals surface area (Å²) in [4.78, 5) is 0. The molecular weight excluding hydrogens is 146 g/mol. The average molecular weight is 165 g/mol. The lowest BCUT2D eigenvalue weighted by molar-refractivity contribution is 0.568. The van der Waals surface area contributed by atoms with Gasteiger partial charge < -0.3 is 5.32 Å². The maximum atomic E-state index is 3.41. The van der Waals surface area contributed by atoms with Crippen LogP contribution in [0.3, 0.4) is 0 Å². The summed E-state index contributed by atoms with van der Waals surface area (Å²) in [5.74, 6) is 6.44. The maximum absolute atomic E-state index is 3.41. The second kappa shape index (κ2) is 6.08.